The highest BCUT2D eigenvalue weighted by molar-refractivity contribution is 8.13. The molecule has 0 aromatic carbocycles. The normalized spacial score (nSPS) is 31.4. The maximum Gasteiger partial charge on any atom is 0.244 e. The van der Waals surface area contributed by atoms with E-state index in [0.29, 0.717) is 6.04 Å². The minimum Gasteiger partial charge on any atom is -0.353 e. The number of fused-ring (bicyclic) bond motifs is 1. The molecular weight excluding hydrogens is 270 g/mol. The third-order valence-electron chi connectivity index (χ3n) is 4.71. The van der Waals surface area contributed by atoms with Crippen molar-refractivity contribution in [1.29, 1.82) is 0 Å². The van der Waals surface area contributed by atoms with E-state index in [2.05, 4.69) is 5.32 Å². The average Bonchev–Trinajstić information content (AvgIpc) is 3.00. The minimum atomic E-state index is -0.139. The number of carbonyl (C=O) groups is 1. The summed E-state index contributed by atoms with van der Waals surface area (Å²) in [5.74, 6) is 2.17. The Labute approximate surface area is 125 Å². The van der Waals surface area contributed by atoms with Crippen molar-refractivity contribution in [3.05, 3.63) is 0 Å². The summed E-state index contributed by atoms with van der Waals surface area (Å²) >= 11 is 1.81. The Morgan fingerprint density at radius 2 is 2.05 bits per heavy atom. The number of amidine groups is 1. The summed E-state index contributed by atoms with van der Waals surface area (Å²) in [4.78, 5) is 19.1. The van der Waals surface area contributed by atoms with Crippen molar-refractivity contribution in [3.8, 4) is 0 Å². The van der Waals surface area contributed by atoms with Crippen LogP contribution >= 0.6 is 11.8 Å². The molecule has 3 unspecified atom stereocenters. The van der Waals surface area contributed by atoms with Gasteiger partial charge in [-0.2, -0.15) is 0 Å². The fourth-order valence-corrected chi connectivity index (χ4v) is 4.69. The van der Waals surface area contributed by atoms with Crippen LogP contribution in [0.4, 0.5) is 0 Å². The van der Waals surface area contributed by atoms with Crippen LogP contribution in [0.3, 0.4) is 0 Å². The van der Waals surface area contributed by atoms with Crippen molar-refractivity contribution in [2.24, 2.45) is 10.9 Å². The van der Waals surface area contributed by atoms with E-state index < -0.39 is 0 Å². The highest BCUT2D eigenvalue weighted by Crippen LogP contribution is 2.33. The van der Waals surface area contributed by atoms with E-state index >= 15 is 0 Å². The van der Waals surface area contributed by atoms with Gasteiger partial charge in [-0.3, -0.25) is 9.79 Å². The summed E-state index contributed by atoms with van der Waals surface area (Å²) in [7, 11) is 0. The maximum atomic E-state index is 12.3. The summed E-state index contributed by atoms with van der Waals surface area (Å²) in [6.45, 7) is 3.82. The van der Waals surface area contributed by atoms with E-state index in [1.54, 1.807) is 11.8 Å². The highest BCUT2D eigenvalue weighted by atomic mass is 32.2. The molecule has 0 spiro atoms. The van der Waals surface area contributed by atoms with E-state index in [-0.39, 0.29) is 11.9 Å². The summed E-state index contributed by atoms with van der Waals surface area (Å²) in [5, 5.41) is 4.34. The van der Waals surface area contributed by atoms with E-state index in [9.17, 15) is 4.79 Å². The van der Waals surface area contributed by atoms with Crippen molar-refractivity contribution in [2.45, 2.75) is 57.5 Å². The molecule has 3 aliphatic rings. The predicted molar refractivity (Wildman–Crippen MR) is 84.1 cm³/mol. The van der Waals surface area contributed by atoms with Gasteiger partial charge < -0.3 is 10.2 Å². The Morgan fingerprint density at radius 1 is 1.30 bits per heavy atom. The minimum absolute atomic E-state index is 0.139. The van der Waals surface area contributed by atoms with Crippen molar-refractivity contribution >= 4 is 22.8 Å². The van der Waals surface area contributed by atoms with Crippen molar-refractivity contribution < 1.29 is 4.79 Å². The van der Waals surface area contributed by atoms with Crippen molar-refractivity contribution in [1.82, 2.24) is 10.2 Å². The third-order valence-corrected chi connectivity index (χ3v) is 5.81. The molecular formula is C15H25N3OS. The second-order valence-corrected chi connectivity index (χ2v) is 7.26. The van der Waals surface area contributed by atoms with Crippen LogP contribution in [0.5, 0.6) is 0 Å². The van der Waals surface area contributed by atoms with Gasteiger partial charge in [0.2, 0.25) is 5.91 Å². The van der Waals surface area contributed by atoms with Crippen molar-refractivity contribution in [2.75, 3.05) is 18.8 Å². The smallest absolute Gasteiger partial charge is 0.244 e. The SMILES string of the molecule is CC(NC1=NC2CCCCC2CS1)C(=O)N1CCCC1. The molecule has 1 aliphatic carbocycles. The van der Waals surface area contributed by atoms with Crippen LogP contribution in [-0.2, 0) is 4.79 Å². The molecule has 0 aromatic heterocycles. The predicted octanol–water partition coefficient (Wildman–Crippen LogP) is 2.25. The molecule has 1 amide bonds. The molecule has 1 saturated heterocycles. The van der Waals surface area contributed by atoms with Crippen LogP contribution in [0.25, 0.3) is 0 Å². The zero-order valence-electron chi connectivity index (χ0n) is 12.3. The maximum absolute atomic E-state index is 12.3. The molecule has 5 heteroatoms. The molecule has 3 atom stereocenters. The number of hydrogen-bond donors (Lipinski definition) is 1. The number of rotatable bonds is 2. The first-order valence-corrected chi connectivity index (χ1v) is 8.98. The number of nitrogens with zero attached hydrogens (tertiary/aromatic N) is 2. The van der Waals surface area contributed by atoms with Gasteiger partial charge in [-0.1, -0.05) is 24.6 Å². The molecule has 2 heterocycles. The second-order valence-electron chi connectivity index (χ2n) is 6.26. The standard InChI is InChI=1S/C15H25N3OS/c1-11(14(19)18-8-4-5-9-18)16-15-17-13-7-3-2-6-12(13)10-20-15/h11-13H,2-10H2,1H3,(H,16,17). The molecule has 20 heavy (non-hydrogen) atoms. The summed E-state index contributed by atoms with van der Waals surface area (Å²) in [5.41, 5.74) is 0. The fraction of sp³-hybridized carbons (Fsp3) is 0.867. The number of amides is 1. The van der Waals surface area contributed by atoms with Crippen molar-refractivity contribution in [3.63, 3.8) is 0 Å². The van der Waals surface area contributed by atoms with Gasteiger partial charge in [-0.15, -0.1) is 0 Å². The van der Waals surface area contributed by atoms with Crippen LogP contribution < -0.4 is 5.32 Å². The third kappa shape index (κ3) is 3.13. The van der Waals surface area contributed by atoms with Gasteiger partial charge in [-0.05, 0) is 38.5 Å². The van der Waals surface area contributed by atoms with Crippen LogP contribution in [0.15, 0.2) is 4.99 Å². The molecule has 2 fully saturated rings. The number of nitrogens with one attached hydrogen (secondary N) is 1. The van der Waals surface area contributed by atoms with Gasteiger partial charge in [0, 0.05) is 18.8 Å². The molecule has 2 aliphatic heterocycles. The Kier molecular flexibility index (Phi) is 4.54. The number of hydrogen-bond acceptors (Lipinski definition) is 4. The Morgan fingerprint density at radius 3 is 2.85 bits per heavy atom. The van der Waals surface area contributed by atoms with Gasteiger partial charge in [0.05, 0.1) is 6.04 Å². The van der Waals surface area contributed by atoms with Gasteiger partial charge in [0.1, 0.15) is 6.04 Å². The lowest BCUT2D eigenvalue weighted by Gasteiger charge is -2.33. The van der Waals surface area contributed by atoms with Gasteiger partial charge in [0.25, 0.3) is 0 Å². The fourth-order valence-electron chi connectivity index (χ4n) is 3.46. The summed E-state index contributed by atoms with van der Waals surface area (Å²) in [6.07, 6.45) is 7.53. The molecule has 1 N–H and O–H groups in total. The molecule has 0 bridgehead atoms. The Bertz CT molecular complexity index is 393. The zero-order chi connectivity index (χ0) is 13.9. The second kappa shape index (κ2) is 6.37. The largest absolute Gasteiger partial charge is 0.353 e. The molecule has 1 saturated carbocycles. The van der Waals surface area contributed by atoms with Gasteiger partial charge in [-0.25, -0.2) is 0 Å². The summed E-state index contributed by atoms with van der Waals surface area (Å²) in [6, 6.07) is 0.362. The van der Waals surface area contributed by atoms with E-state index in [0.717, 1.165) is 37.0 Å². The number of thioether (sulfide) groups is 1. The first-order valence-electron chi connectivity index (χ1n) is 8.00. The van der Waals surface area contributed by atoms with E-state index in [4.69, 9.17) is 4.99 Å². The lowest BCUT2D eigenvalue weighted by molar-refractivity contribution is -0.131. The molecule has 3 rings (SSSR count). The van der Waals surface area contributed by atoms with Crippen LogP contribution in [0.2, 0.25) is 0 Å². The number of likely N-dealkylation sites (tertiary alicyclic amines) is 1. The lowest BCUT2D eigenvalue weighted by Crippen LogP contribution is -2.46. The first kappa shape index (κ1) is 14.2. The molecule has 0 aromatic rings. The molecule has 0 radical (unpaired) electrons. The number of carbonyl (C=O) groups excluding carboxylic acids is 1. The molecule has 112 valence electrons. The topological polar surface area (TPSA) is 44.7 Å². The van der Waals surface area contributed by atoms with Crippen LogP contribution in [0.1, 0.15) is 45.4 Å². The summed E-state index contributed by atoms with van der Waals surface area (Å²) < 4.78 is 0. The highest BCUT2D eigenvalue weighted by Gasteiger charge is 2.30. The monoisotopic (exact) mass is 295 g/mol. The Hall–Kier alpha value is -0.710. The zero-order valence-corrected chi connectivity index (χ0v) is 13.1. The van der Waals surface area contributed by atoms with E-state index in [1.807, 2.05) is 11.8 Å². The number of aliphatic imine (C=N–C) groups is 1. The van der Waals surface area contributed by atoms with Gasteiger partial charge in [0.15, 0.2) is 5.17 Å². The van der Waals surface area contributed by atoms with Crippen LogP contribution in [-0.4, -0.2) is 46.9 Å². The van der Waals surface area contributed by atoms with Gasteiger partial charge >= 0.3 is 0 Å². The average molecular weight is 295 g/mol. The first-order chi connectivity index (χ1) is 9.74. The lowest BCUT2D eigenvalue weighted by atomic mass is 9.86. The Balaban J connectivity index is 1.56. The van der Waals surface area contributed by atoms with E-state index in [1.165, 1.54) is 31.4 Å². The molecule has 4 nitrogen and oxygen atoms in total. The van der Waals surface area contributed by atoms with Crippen LogP contribution in [0, 0.1) is 5.92 Å². The quantitative estimate of drug-likeness (QED) is 0.850.